The van der Waals surface area contributed by atoms with Crippen molar-refractivity contribution >= 4 is 17.8 Å². The van der Waals surface area contributed by atoms with Gasteiger partial charge in [0.1, 0.15) is 5.82 Å². The second-order valence-electron chi connectivity index (χ2n) is 7.31. The molecule has 0 aromatic heterocycles. The second-order valence-corrected chi connectivity index (χ2v) is 7.31. The van der Waals surface area contributed by atoms with Crippen LogP contribution in [-0.2, 0) is 25.7 Å². The lowest BCUT2D eigenvalue weighted by Crippen LogP contribution is -2.38. The van der Waals surface area contributed by atoms with Gasteiger partial charge in [0.25, 0.3) is 5.91 Å². The minimum Gasteiger partial charge on any atom is -0.452 e. The first kappa shape index (κ1) is 19.3. The molecule has 1 aliphatic heterocycles. The van der Waals surface area contributed by atoms with Gasteiger partial charge in [-0.05, 0) is 37.5 Å². The standard InChI is InChI=1S/C20H25FN2O4/c1-13(19(25)22-11-14-6-8-16(21)9-7-14)27-20(26)15-10-18(24)23(12-15)17-4-2-3-5-17/h6-9,13,15,17H,2-5,10-12H2,1H3,(H,22,25)/t13-,15-/m1/s1. The normalized spacial score (nSPS) is 21.3. The molecule has 2 aliphatic rings. The van der Waals surface area contributed by atoms with Crippen LogP contribution in [0.5, 0.6) is 0 Å². The number of nitrogens with zero attached hydrogens (tertiary/aromatic N) is 1. The van der Waals surface area contributed by atoms with E-state index in [2.05, 4.69) is 5.32 Å². The third-order valence-corrected chi connectivity index (χ3v) is 5.30. The molecule has 1 N–H and O–H groups in total. The van der Waals surface area contributed by atoms with Gasteiger partial charge in [-0.3, -0.25) is 14.4 Å². The summed E-state index contributed by atoms with van der Waals surface area (Å²) in [7, 11) is 0. The molecule has 1 heterocycles. The number of halogens is 1. The number of ether oxygens (including phenoxy) is 1. The van der Waals surface area contributed by atoms with E-state index in [-0.39, 0.29) is 30.7 Å². The minimum atomic E-state index is -0.950. The van der Waals surface area contributed by atoms with E-state index in [1.807, 2.05) is 0 Å². The van der Waals surface area contributed by atoms with E-state index in [9.17, 15) is 18.8 Å². The van der Waals surface area contributed by atoms with Gasteiger partial charge in [0.2, 0.25) is 5.91 Å². The van der Waals surface area contributed by atoms with Crippen LogP contribution in [0.25, 0.3) is 0 Å². The van der Waals surface area contributed by atoms with Crippen LogP contribution >= 0.6 is 0 Å². The summed E-state index contributed by atoms with van der Waals surface area (Å²) in [6.07, 6.45) is 3.43. The average Bonchev–Trinajstić information content (AvgIpc) is 3.30. The van der Waals surface area contributed by atoms with Crippen molar-refractivity contribution in [3.8, 4) is 0 Å². The number of rotatable bonds is 6. The summed E-state index contributed by atoms with van der Waals surface area (Å²) in [5, 5.41) is 2.66. The molecule has 7 heteroatoms. The topological polar surface area (TPSA) is 75.7 Å². The average molecular weight is 376 g/mol. The van der Waals surface area contributed by atoms with Crippen molar-refractivity contribution in [3.63, 3.8) is 0 Å². The molecule has 1 saturated heterocycles. The summed E-state index contributed by atoms with van der Waals surface area (Å²) in [5.41, 5.74) is 0.747. The zero-order valence-electron chi connectivity index (χ0n) is 15.4. The van der Waals surface area contributed by atoms with Crippen LogP contribution < -0.4 is 5.32 Å². The van der Waals surface area contributed by atoms with E-state index in [4.69, 9.17) is 4.74 Å². The van der Waals surface area contributed by atoms with Crippen molar-refractivity contribution in [1.82, 2.24) is 10.2 Å². The van der Waals surface area contributed by atoms with E-state index >= 15 is 0 Å². The van der Waals surface area contributed by atoms with E-state index in [0.717, 1.165) is 31.2 Å². The van der Waals surface area contributed by atoms with Crippen molar-refractivity contribution in [2.45, 2.75) is 57.7 Å². The van der Waals surface area contributed by atoms with Crippen LogP contribution in [0.2, 0.25) is 0 Å². The Morgan fingerprint density at radius 3 is 2.59 bits per heavy atom. The van der Waals surface area contributed by atoms with Gasteiger partial charge in [-0.25, -0.2) is 4.39 Å². The van der Waals surface area contributed by atoms with Crippen molar-refractivity contribution in [3.05, 3.63) is 35.6 Å². The van der Waals surface area contributed by atoms with Gasteiger partial charge in [0, 0.05) is 25.6 Å². The summed E-state index contributed by atoms with van der Waals surface area (Å²) < 4.78 is 18.2. The Morgan fingerprint density at radius 2 is 1.93 bits per heavy atom. The fraction of sp³-hybridized carbons (Fsp3) is 0.550. The number of likely N-dealkylation sites (tertiary alicyclic amines) is 1. The Hall–Kier alpha value is -2.44. The highest BCUT2D eigenvalue weighted by atomic mass is 19.1. The smallest absolute Gasteiger partial charge is 0.312 e. The molecule has 2 fully saturated rings. The molecule has 3 rings (SSSR count). The molecular weight excluding hydrogens is 351 g/mol. The van der Waals surface area contributed by atoms with Gasteiger partial charge in [-0.1, -0.05) is 25.0 Å². The highest BCUT2D eigenvalue weighted by molar-refractivity contribution is 5.89. The molecule has 1 saturated carbocycles. The zero-order chi connectivity index (χ0) is 19.4. The van der Waals surface area contributed by atoms with Gasteiger partial charge < -0.3 is 15.0 Å². The molecule has 6 nitrogen and oxygen atoms in total. The molecule has 146 valence electrons. The minimum absolute atomic E-state index is 0.00253. The molecular formula is C20H25FN2O4. The highest BCUT2D eigenvalue weighted by Gasteiger charge is 2.40. The molecule has 27 heavy (non-hydrogen) atoms. The number of carbonyl (C=O) groups excluding carboxylic acids is 3. The van der Waals surface area contributed by atoms with Gasteiger partial charge in [0.15, 0.2) is 6.10 Å². The molecule has 1 aliphatic carbocycles. The Balaban J connectivity index is 1.46. The first-order chi connectivity index (χ1) is 12.9. The molecule has 0 radical (unpaired) electrons. The molecule has 0 bridgehead atoms. The van der Waals surface area contributed by atoms with Crippen molar-refractivity contribution in [2.75, 3.05) is 6.54 Å². The summed E-state index contributed by atoms with van der Waals surface area (Å²) in [4.78, 5) is 38.5. The molecule has 1 aromatic rings. The number of carbonyl (C=O) groups is 3. The van der Waals surface area contributed by atoms with Gasteiger partial charge in [-0.15, -0.1) is 0 Å². The molecule has 1 aromatic carbocycles. The maximum Gasteiger partial charge on any atom is 0.312 e. The lowest BCUT2D eigenvalue weighted by atomic mass is 10.1. The lowest BCUT2D eigenvalue weighted by Gasteiger charge is -2.24. The summed E-state index contributed by atoms with van der Waals surface area (Å²) in [6.45, 7) is 2.11. The maximum absolute atomic E-state index is 12.9. The number of hydrogen-bond donors (Lipinski definition) is 1. The predicted molar refractivity (Wildman–Crippen MR) is 95.9 cm³/mol. The lowest BCUT2D eigenvalue weighted by molar-refractivity contribution is -0.158. The van der Waals surface area contributed by atoms with E-state index in [1.165, 1.54) is 19.1 Å². The molecule has 0 spiro atoms. The second kappa shape index (κ2) is 8.50. The quantitative estimate of drug-likeness (QED) is 0.772. The van der Waals surface area contributed by atoms with Crippen LogP contribution in [0.15, 0.2) is 24.3 Å². The van der Waals surface area contributed by atoms with Crippen LogP contribution in [0.3, 0.4) is 0 Å². The first-order valence-corrected chi connectivity index (χ1v) is 9.46. The van der Waals surface area contributed by atoms with Crippen LogP contribution in [0.1, 0.15) is 44.6 Å². The zero-order valence-corrected chi connectivity index (χ0v) is 15.4. The van der Waals surface area contributed by atoms with Gasteiger partial charge in [0.05, 0.1) is 5.92 Å². The Morgan fingerprint density at radius 1 is 1.26 bits per heavy atom. The summed E-state index contributed by atoms with van der Waals surface area (Å²) in [6, 6.07) is 6.03. The summed E-state index contributed by atoms with van der Waals surface area (Å²) in [5.74, 6) is -1.79. The van der Waals surface area contributed by atoms with Crippen LogP contribution in [0, 0.1) is 11.7 Å². The first-order valence-electron chi connectivity index (χ1n) is 9.46. The molecule has 2 amide bonds. The summed E-state index contributed by atoms with van der Waals surface area (Å²) >= 11 is 0. The third kappa shape index (κ3) is 4.84. The Labute approximate surface area is 158 Å². The number of benzene rings is 1. The SMILES string of the molecule is C[C@@H](OC(=O)[C@@H]1CC(=O)N(C2CCCC2)C1)C(=O)NCc1ccc(F)cc1. The van der Waals surface area contributed by atoms with Crippen molar-refractivity contribution < 1.29 is 23.5 Å². The van der Waals surface area contributed by atoms with E-state index in [1.54, 1.807) is 17.0 Å². The maximum atomic E-state index is 12.9. The van der Waals surface area contributed by atoms with Crippen LogP contribution in [-0.4, -0.2) is 41.4 Å². The van der Waals surface area contributed by atoms with Crippen molar-refractivity contribution in [1.29, 1.82) is 0 Å². The monoisotopic (exact) mass is 376 g/mol. The number of amides is 2. The molecule has 2 atom stereocenters. The third-order valence-electron chi connectivity index (χ3n) is 5.30. The Bertz CT molecular complexity index is 700. The van der Waals surface area contributed by atoms with Crippen LogP contribution in [0.4, 0.5) is 4.39 Å². The predicted octanol–water partition coefficient (Wildman–Crippen LogP) is 2.16. The number of esters is 1. The van der Waals surface area contributed by atoms with Gasteiger partial charge in [-0.2, -0.15) is 0 Å². The van der Waals surface area contributed by atoms with Crippen molar-refractivity contribution in [2.24, 2.45) is 5.92 Å². The largest absolute Gasteiger partial charge is 0.452 e. The Kier molecular flexibility index (Phi) is 6.08. The fourth-order valence-electron chi connectivity index (χ4n) is 3.72. The fourth-order valence-corrected chi connectivity index (χ4v) is 3.72. The number of hydrogen-bond acceptors (Lipinski definition) is 4. The highest BCUT2D eigenvalue weighted by Crippen LogP contribution is 2.30. The van der Waals surface area contributed by atoms with Gasteiger partial charge >= 0.3 is 5.97 Å². The van der Waals surface area contributed by atoms with E-state index < -0.39 is 23.9 Å². The molecule has 0 unspecified atom stereocenters. The van der Waals surface area contributed by atoms with E-state index in [0.29, 0.717) is 6.54 Å². The number of nitrogens with one attached hydrogen (secondary N) is 1.